The van der Waals surface area contributed by atoms with Gasteiger partial charge in [0.2, 0.25) is 6.54 Å². The summed E-state index contributed by atoms with van der Waals surface area (Å²) in [6, 6.07) is 7.41. The smallest absolute Gasteiger partial charge is 0.309 e. The van der Waals surface area contributed by atoms with Gasteiger partial charge in [-0.2, -0.15) is 0 Å². The number of hydrogen-bond acceptors (Lipinski definition) is 4. The first-order chi connectivity index (χ1) is 8.45. The van der Waals surface area contributed by atoms with Gasteiger partial charge in [0, 0.05) is 4.92 Å². The molecule has 0 bridgehead atoms. The molecule has 0 heterocycles. The molecule has 0 saturated carbocycles. The zero-order chi connectivity index (χ0) is 13.7. The highest BCUT2D eigenvalue weighted by molar-refractivity contribution is 5.73. The fraction of sp³-hybridized carbons (Fsp3) is 0.462. The van der Waals surface area contributed by atoms with E-state index in [-0.39, 0.29) is 6.54 Å². The van der Waals surface area contributed by atoms with Crippen molar-refractivity contribution in [1.29, 1.82) is 0 Å². The molecule has 1 aromatic rings. The van der Waals surface area contributed by atoms with E-state index in [9.17, 15) is 14.9 Å². The highest BCUT2D eigenvalue weighted by atomic mass is 16.6. The standard InChI is InChI=1S/C13H17NO4/c1-9-4-6-11(7-5-9)12(8-14(16)17)10(2)13(15)18-3/h4-7,10,12H,8H2,1-3H3. The molecule has 5 nitrogen and oxygen atoms in total. The minimum Gasteiger partial charge on any atom is -0.469 e. The van der Waals surface area contributed by atoms with Crippen molar-refractivity contribution < 1.29 is 14.5 Å². The quantitative estimate of drug-likeness (QED) is 0.457. The Morgan fingerprint density at radius 3 is 2.39 bits per heavy atom. The SMILES string of the molecule is COC(=O)C(C)C(C[N+](=O)[O-])c1ccc(C)cc1. The molecule has 0 saturated heterocycles. The molecule has 2 unspecified atom stereocenters. The summed E-state index contributed by atoms with van der Waals surface area (Å²) >= 11 is 0. The van der Waals surface area contributed by atoms with Crippen LogP contribution in [0.15, 0.2) is 24.3 Å². The van der Waals surface area contributed by atoms with Crippen LogP contribution < -0.4 is 0 Å². The summed E-state index contributed by atoms with van der Waals surface area (Å²) in [5.41, 5.74) is 1.86. The van der Waals surface area contributed by atoms with E-state index in [0.717, 1.165) is 11.1 Å². The van der Waals surface area contributed by atoms with Gasteiger partial charge >= 0.3 is 5.97 Å². The molecule has 98 valence electrons. The lowest BCUT2D eigenvalue weighted by Crippen LogP contribution is -2.26. The van der Waals surface area contributed by atoms with Gasteiger partial charge in [0.25, 0.3) is 0 Å². The molecule has 0 aliphatic heterocycles. The van der Waals surface area contributed by atoms with E-state index in [1.807, 2.05) is 31.2 Å². The van der Waals surface area contributed by atoms with Crippen molar-refractivity contribution in [3.8, 4) is 0 Å². The van der Waals surface area contributed by atoms with E-state index >= 15 is 0 Å². The third-order valence-electron chi connectivity index (χ3n) is 3.03. The van der Waals surface area contributed by atoms with Crippen LogP contribution in [0.25, 0.3) is 0 Å². The second kappa shape index (κ2) is 6.14. The van der Waals surface area contributed by atoms with Crippen molar-refractivity contribution in [2.45, 2.75) is 19.8 Å². The molecule has 0 aromatic heterocycles. The summed E-state index contributed by atoms with van der Waals surface area (Å²) in [7, 11) is 1.29. The van der Waals surface area contributed by atoms with E-state index in [0.29, 0.717) is 0 Å². The van der Waals surface area contributed by atoms with E-state index in [1.54, 1.807) is 6.92 Å². The lowest BCUT2D eigenvalue weighted by Gasteiger charge is -2.19. The van der Waals surface area contributed by atoms with Crippen LogP contribution in [0.1, 0.15) is 24.0 Å². The first-order valence-electron chi connectivity index (χ1n) is 5.72. The van der Waals surface area contributed by atoms with Crippen molar-refractivity contribution in [1.82, 2.24) is 0 Å². The molecule has 1 rings (SSSR count). The number of hydrogen-bond donors (Lipinski definition) is 0. The third kappa shape index (κ3) is 3.55. The largest absolute Gasteiger partial charge is 0.469 e. The summed E-state index contributed by atoms with van der Waals surface area (Å²) in [6.07, 6.45) is 0. The number of benzene rings is 1. The Kier molecular flexibility index (Phi) is 4.83. The number of aryl methyl sites for hydroxylation is 1. The summed E-state index contributed by atoms with van der Waals surface area (Å²) in [4.78, 5) is 21.9. The fourth-order valence-corrected chi connectivity index (χ4v) is 1.88. The van der Waals surface area contributed by atoms with Gasteiger partial charge in [0.15, 0.2) is 0 Å². The summed E-state index contributed by atoms with van der Waals surface area (Å²) in [6.45, 7) is 3.31. The van der Waals surface area contributed by atoms with Gasteiger partial charge in [-0.15, -0.1) is 0 Å². The molecule has 0 aliphatic carbocycles. The molecule has 18 heavy (non-hydrogen) atoms. The van der Waals surface area contributed by atoms with E-state index in [4.69, 9.17) is 0 Å². The van der Waals surface area contributed by atoms with Gasteiger partial charge < -0.3 is 4.74 Å². The van der Waals surface area contributed by atoms with Crippen molar-refractivity contribution in [2.75, 3.05) is 13.7 Å². The second-order valence-electron chi connectivity index (χ2n) is 4.34. The minimum atomic E-state index is -0.539. The number of rotatable bonds is 5. The Balaban J connectivity index is 3.00. The average molecular weight is 251 g/mol. The number of nitro groups is 1. The van der Waals surface area contributed by atoms with Crippen LogP contribution in [0, 0.1) is 23.0 Å². The van der Waals surface area contributed by atoms with Crippen LogP contribution in [0.5, 0.6) is 0 Å². The molecule has 1 aromatic carbocycles. The predicted molar refractivity (Wildman–Crippen MR) is 67.0 cm³/mol. The highest BCUT2D eigenvalue weighted by Gasteiger charge is 2.30. The van der Waals surface area contributed by atoms with Gasteiger partial charge in [-0.3, -0.25) is 14.9 Å². The van der Waals surface area contributed by atoms with Crippen LogP contribution >= 0.6 is 0 Å². The minimum absolute atomic E-state index is 0.278. The van der Waals surface area contributed by atoms with Crippen molar-refractivity contribution >= 4 is 5.97 Å². The van der Waals surface area contributed by atoms with Gasteiger partial charge in [0.1, 0.15) is 0 Å². The number of esters is 1. The molecule has 0 spiro atoms. The Labute approximate surface area is 106 Å². The topological polar surface area (TPSA) is 69.4 Å². The van der Waals surface area contributed by atoms with Crippen LogP contribution in [0.3, 0.4) is 0 Å². The Hall–Kier alpha value is -1.91. The zero-order valence-electron chi connectivity index (χ0n) is 10.8. The average Bonchev–Trinajstić information content (AvgIpc) is 2.35. The molecular formula is C13H17NO4. The molecule has 0 aliphatic rings. The second-order valence-corrected chi connectivity index (χ2v) is 4.34. The maximum Gasteiger partial charge on any atom is 0.309 e. The lowest BCUT2D eigenvalue weighted by molar-refractivity contribution is -0.484. The molecule has 5 heteroatoms. The summed E-state index contributed by atoms with van der Waals surface area (Å²) in [5, 5.41) is 10.7. The maximum absolute atomic E-state index is 11.5. The molecule has 0 amide bonds. The zero-order valence-corrected chi connectivity index (χ0v) is 10.8. The summed E-state index contributed by atoms with van der Waals surface area (Å²) < 4.78 is 4.66. The van der Waals surface area contributed by atoms with Crippen LogP contribution in [-0.4, -0.2) is 24.5 Å². The predicted octanol–water partition coefficient (Wildman–Crippen LogP) is 2.16. The third-order valence-corrected chi connectivity index (χ3v) is 3.03. The lowest BCUT2D eigenvalue weighted by atomic mass is 9.87. The van der Waals surface area contributed by atoms with Crippen molar-refractivity contribution in [3.63, 3.8) is 0 Å². The molecule has 2 atom stereocenters. The summed E-state index contributed by atoms with van der Waals surface area (Å²) in [5.74, 6) is -1.43. The van der Waals surface area contributed by atoms with Gasteiger partial charge in [-0.1, -0.05) is 36.8 Å². The Morgan fingerprint density at radius 1 is 1.39 bits per heavy atom. The Bertz CT molecular complexity index is 427. The number of nitrogens with zero attached hydrogens (tertiary/aromatic N) is 1. The maximum atomic E-state index is 11.5. The first-order valence-corrected chi connectivity index (χ1v) is 5.72. The highest BCUT2D eigenvalue weighted by Crippen LogP contribution is 2.26. The van der Waals surface area contributed by atoms with Gasteiger partial charge in [0.05, 0.1) is 18.9 Å². The monoisotopic (exact) mass is 251 g/mol. The number of ether oxygens (including phenoxy) is 1. The number of carbonyl (C=O) groups excluding carboxylic acids is 1. The Morgan fingerprint density at radius 2 is 1.94 bits per heavy atom. The van der Waals surface area contributed by atoms with E-state index in [2.05, 4.69) is 4.74 Å². The molecule has 0 fully saturated rings. The van der Waals surface area contributed by atoms with Gasteiger partial charge in [-0.05, 0) is 12.5 Å². The molecular weight excluding hydrogens is 234 g/mol. The van der Waals surface area contributed by atoms with Gasteiger partial charge in [-0.25, -0.2) is 0 Å². The van der Waals surface area contributed by atoms with Crippen molar-refractivity contribution in [2.24, 2.45) is 5.92 Å². The normalized spacial score (nSPS) is 13.7. The number of methoxy groups -OCH3 is 1. The van der Waals surface area contributed by atoms with Crippen LogP contribution in [-0.2, 0) is 9.53 Å². The van der Waals surface area contributed by atoms with E-state index < -0.39 is 22.7 Å². The molecule has 0 N–H and O–H groups in total. The first kappa shape index (κ1) is 14.2. The molecule has 0 radical (unpaired) electrons. The van der Waals surface area contributed by atoms with Crippen LogP contribution in [0.2, 0.25) is 0 Å². The van der Waals surface area contributed by atoms with Crippen molar-refractivity contribution in [3.05, 3.63) is 45.5 Å². The van der Waals surface area contributed by atoms with E-state index in [1.165, 1.54) is 7.11 Å². The van der Waals surface area contributed by atoms with Crippen LogP contribution in [0.4, 0.5) is 0 Å². The number of carbonyl (C=O) groups is 1. The fourth-order valence-electron chi connectivity index (χ4n) is 1.88.